The molecule has 2 N–H and O–H groups in total. The van der Waals surface area contributed by atoms with E-state index in [-0.39, 0.29) is 22.6 Å². The molecule has 5 nitrogen and oxygen atoms in total. The molecular weight excluding hydrogens is 308 g/mol. The van der Waals surface area contributed by atoms with Crippen LogP contribution in [0.2, 0.25) is 0 Å². The molecule has 0 radical (unpaired) electrons. The molecule has 1 fully saturated rings. The first-order valence-electron chi connectivity index (χ1n) is 6.78. The van der Waals surface area contributed by atoms with Gasteiger partial charge in [0, 0.05) is 16.8 Å². The van der Waals surface area contributed by atoms with Crippen LogP contribution in [0, 0.1) is 0 Å². The Morgan fingerprint density at radius 2 is 2.10 bits per heavy atom. The monoisotopic (exact) mass is 324 g/mol. The molecule has 0 bridgehead atoms. The molecule has 1 aliphatic heterocycles. The number of hydrogen-bond donors (Lipinski definition) is 2. The summed E-state index contributed by atoms with van der Waals surface area (Å²) in [4.78, 5) is 4.42. The van der Waals surface area contributed by atoms with E-state index in [1.807, 2.05) is 23.5 Å². The molecule has 1 aromatic carbocycles. The van der Waals surface area contributed by atoms with Crippen LogP contribution in [0.25, 0.3) is 11.5 Å². The summed E-state index contributed by atoms with van der Waals surface area (Å²) >= 11 is 3.79. The van der Waals surface area contributed by atoms with Crippen LogP contribution in [0.1, 0.15) is 24.4 Å². The van der Waals surface area contributed by atoms with Crippen molar-refractivity contribution < 1.29 is 14.7 Å². The van der Waals surface area contributed by atoms with E-state index >= 15 is 0 Å². The van der Waals surface area contributed by atoms with Crippen LogP contribution >= 0.6 is 23.5 Å². The van der Waals surface area contributed by atoms with Gasteiger partial charge in [-0.15, -0.1) is 11.8 Å². The van der Waals surface area contributed by atoms with Gasteiger partial charge >= 0.3 is 0 Å². The average molecular weight is 324 g/mol. The lowest BCUT2D eigenvalue weighted by Crippen LogP contribution is -2.19. The first-order chi connectivity index (χ1) is 10.2. The molecule has 1 saturated heterocycles. The Balaban J connectivity index is 1.91. The SMILES string of the molecule is CCC1SCCSC1c1noc(-c2cccc(O)c2O)n1. The largest absolute Gasteiger partial charge is 0.504 e. The van der Waals surface area contributed by atoms with Crippen LogP contribution in [0.15, 0.2) is 22.7 Å². The Labute approximate surface area is 131 Å². The molecule has 1 aliphatic rings. The number of nitrogens with zero attached hydrogens (tertiary/aromatic N) is 2. The van der Waals surface area contributed by atoms with Gasteiger partial charge in [0.2, 0.25) is 0 Å². The number of benzene rings is 1. The third kappa shape index (κ3) is 2.85. The van der Waals surface area contributed by atoms with Crippen molar-refractivity contribution in [1.82, 2.24) is 10.1 Å². The van der Waals surface area contributed by atoms with Gasteiger partial charge in [-0.2, -0.15) is 16.7 Å². The van der Waals surface area contributed by atoms with Crippen molar-refractivity contribution in [2.24, 2.45) is 0 Å². The fourth-order valence-electron chi connectivity index (χ4n) is 2.31. The number of phenolic OH excluding ortho intramolecular Hbond substituents is 2. The van der Waals surface area contributed by atoms with Gasteiger partial charge in [-0.3, -0.25) is 0 Å². The van der Waals surface area contributed by atoms with E-state index in [2.05, 4.69) is 17.1 Å². The van der Waals surface area contributed by atoms with Gasteiger partial charge in [0.25, 0.3) is 5.89 Å². The molecule has 112 valence electrons. The lowest BCUT2D eigenvalue weighted by atomic mass is 10.2. The Morgan fingerprint density at radius 1 is 1.29 bits per heavy atom. The van der Waals surface area contributed by atoms with E-state index in [4.69, 9.17) is 4.52 Å². The van der Waals surface area contributed by atoms with Gasteiger partial charge in [-0.1, -0.05) is 18.1 Å². The number of hydrogen-bond acceptors (Lipinski definition) is 7. The fourth-order valence-corrected chi connectivity index (χ4v) is 5.29. The molecule has 0 aliphatic carbocycles. The first kappa shape index (κ1) is 14.6. The van der Waals surface area contributed by atoms with E-state index in [1.54, 1.807) is 12.1 Å². The van der Waals surface area contributed by atoms with E-state index in [0.717, 1.165) is 17.9 Å². The van der Waals surface area contributed by atoms with E-state index in [0.29, 0.717) is 16.6 Å². The zero-order valence-corrected chi connectivity index (χ0v) is 13.2. The number of aromatic nitrogens is 2. The van der Waals surface area contributed by atoms with Crippen molar-refractivity contribution in [3.05, 3.63) is 24.0 Å². The van der Waals surface area contributed by atoms with Gasteiger partial charge in [0.05, 0.1) is 10.8 Å². The minimum absolute atomic E-state index is 0.193. The summed E-state index contributed by atoms with van der Waals surface area (Å²) in [5, 5.41) is 24.2. The van der Waals surface area contributed by atoms with Gasteiger partial charge in [0.15, 0.2) is 17.3 Å². The number of para-hydroxylation sites is 1. The van der Waals surface area contributed by atoms with Crippen LogP contribution in [-0.4, -0.2) is 37.1 Å². The molecule has 2 aromatic rings. The highest BCUT2D eigenvalue weighted by atomic mass is 32.2. The van der Waals surface area contributed by atoms with Crippen LogP contribution < -0.4 is 0 Å². The highest BCUT2D eigenvalue weighted by molar-refractivity contribution is 8.06. The maximum Gasteiger partial charge on any atom is 0.261 e. The minimum Gasteiger partial charge on any atom is -0.504 e. The third-order valence-corrected chi connectivity index (χ3v) is 6.64. The molecule has 0 amide bonds. The minimum atomic E-state index is -0.231. The predicted octanol–water partition coefficient (Wildman–Crippen LogP) is 3.45. The smallest absolute Gasteiger partial charge is 0.261 e. The molecular formula is C14H16N2O3S2. The van der Waals surface area contributed by atoms with Crippen LogP contribution in [0.3, 0.4) is 0 Å². The summed E-state index contributed by atoms with van der Waals surface area (Å²) in [7, 11) is 0. The summed E-state index contributed by atoms with van der Waals surface area (Å²) < 4.78 is 5.28. The Hall–Kier alpha value is -1.34. The summed E-state index contributed by atoms with van der Waals surface area (Å²) in [6.07, 6.45) is 1.06. The molecule has 2 heterocycles. The summed E-state index contributed by atoms with van der Waals surface area (Å²) in [5.41, 5.74) is 0.357. The van der Waals surface area contributed by atoms with E-state index in [9.17, 15) is 10.2 Å². The predicted molar refractivity (Wildman–Crippen MR) is 84.8 cm³/mol. The molecule has 21 heavy (non-hydrogen) atoms. The maximum atomic E-state index is 9.88. The van der Waals surface area contributed by atoms with Crippen LogP contribution in [-0.2, 0) is 0 Å². The zero-order valence-electron chi connectivity index (χ0n) is 11.5. The zero-order chi connectivity index (χ0) is 14.8. The number of rotatable bonds is 3. The topological polar surface area (TPSA) is 79.4 Å². The van der Waals surface area contributed by atoms with Gasteiger partial charge in [-0.25, -0.2) is 0 Å². The van der Waals surface area contributed by atoms with Crippen molar-refractivity contribution in [2.75, 3.05) is 11.5 Å². The summed E-state index contributed by atoms with van der Waals surface area (Å²) in [6, 6.07) is 4.69. The Bertz CT molecular complexity index is 632. The lowest BCUT2D eigenvalue weighted by molar-refractivity contribution is 0.396. The molecule has 0 saturated carbocycles. The second-order valence-corrected chi connectivity index (χ2v) is 7.34. The molecule has 0 spiro atoms. The highest BCUT2D eigenvalue weighted by Gasteiger charge is 2.30. The number of phenols is 2. The van der Waals surface area contributed by atoms with Crippen LogP contribution in [0.4, 0.5) is 0 Å². The van der Waals surface area contributed by atoms with Crippen molar-refractivity contribution in [2.45, 2.75) is 23.8 Å². The summed E-state index contributed by atoms with van der Waals surface area (Å²) in [6.45, 7) is 2.17. The highest BCUT2D eigenvalue weighted by Crippen LogP contribution is 2.44. The van der Waals surface area contributed by atoms with E-state index in [1.165, 1.54) is 6.07 Å². The first-order valence-corrected chi connectivity index (χ1v) is 8.88. The van der Waals surface area contributed by atoms with Crippen LogP contribution in [0.5, 0.6) is 11.5 Å². The van der Waals surface area contributed by atoms with Gasteiger partial charge < -0.3 is 14.7 Å². The maximum absolute atomic E-state index is 9.88. The number of aromatic hydroxyl groups is 2. The standard InChI is InChI=1S/C14H16N2O3S2/c1-2-10-12(21-7-6-20-10)13-15-14(19-16-13)8-4-3-5-9(17)11(8)18/h3-5,10,12,17-18H,2,6-7H2,1H3. The van der Waals surface area contributed by atoms with E-state index < -0.39 is 0 Å². The van der Waals surface area contributed by atoms with Crippen molar-refractivity contribution in [3.8, 4) is 23.0 Å². The Morgan fingerprint density at radius 3 is 2.90 bits per heavy atom. The third-order valence-electron chi connectivity index (χ3n) is 3.39. The van der Waals surface area contributed by atoms with Crippen molar-refractivity contribution in [1.29, 1.82) is 0 Å². The lowest BCUT2D eigenvalue weighted by Gasteiger charge is -2.27. The molecule has 2 unspecified atom stereocenters. The second-order valence-electron chi connectivity index (χ2n) is 4.74. The molecule has 7 heteroatoms. The number of thioether (sulfide) groups is 2. The molecule has 3 rings (SSSR count). The second kappa shape index (κ2) is 6.19. The van der Waals surface area contributed by atoms with Gasteiger partial charge in [0.1, 0.15) is 0 Å². The average Bonchev–Trinajstić information content (AvgIpc) is 2.99. The van der Waals surface area contributed by atoms with Gasteiger partial charge in [-0.05, 0) is 18.6 Å². The fraction of sp³-hybridized carbons (Fsp3) is 0.429. The Kier molecular flexibility index (Phi) is 4.30. The quantitative estimate of drug-likeness (QED) is 0.837. The molecule has 2 atom stereocenters. The molecule has 1 aromatic heterocycles. The van der Waals surface area contributed by atoms with Crippen molar-refractivity contribution >= 4 is 23.5 Å². The summed E-state index contributed by atoms with van der Waals surface area (Å²) in [5.74, 6) is 2.71. The van der Waals surface area contributed by atoms with Crippen molar-refractivity contribution in [3.63, 3.8) is 0 Å². The normalized spacial score (nSPS) is 22.3.